The molecular weight excluding hydrogens is 450 g/mol. The second-order valence-electron chi connectivity index (χ2n) is 8.83. The number of amides is 4. The van der Waals surface area contributed by atoms with Crippen molar-refractivity contribution in [3.05, 3.63) is 54.1 Å². The van der Waals surface area contributed by atoms with Gasteiger partial charge in [-0.2, -0.15) is 0 Å². The number of carbonyl (C=O) groups excluding carboxylic acids is 4. The predicted molar refractivity (Wildman–Crippen MR) is 128 cm³/mol. The molecule has 35 heavy (non-hydrogen) atoms. The number of hydrogen-bond acceptors (Lipinski definition) is 7. The second kappa shape index (κ2) is 10.5. The molecular formula is C24H29N7O4. The van der Waals surface area contributed by atoms with E-state index >= 15 is 0 Å². The summed E-state index contributed by atoms with van der Waals surface area (Å²) in [5.74, 6) is -1.33. The molecule has 0 bridgehead atoms. The number of aromatic nitrogens is 2. The van der Waals surface area contributed by atoms with Gasteiger partial charge < -0.3 is 25.3 Å². The van der Waals surface area contributed by atoms with Gasteiger partial charge in [0.1, 0.15) is 18.4 Å². The number of nitrogens with zero attached hydrogens (tertiary/aromatic N) is 5. The fourth-order valence-corrected chi connectivity index (χ4v) is 4.27. The molecule has 1 aromatic carbocycles. The van der Waals surface area contributed by atoms with E-state index < -0.39 is 18.0 Å². The Balaban J connectivity index is 1.56. The highest BCUT2D eigenvalue weighted by Gasteiger charge is 2.39. The lowest BCUT2D eigenvalue weighted by molar-refractivity contribution is -0.133. The van der Waals surface area contributed by atoms with Gasteiger partial charge in [-0.1, -0.05) is 0 Å². The molecule has 2 aliphatic heterocycles. The number of hydrogen-bond donors (Lipinski definition) is 2. The van der Waals surface area contributed by atoms with Crippen molar-refractivity contribution in [3.8, 4) is 0 Å². The third kappa shape index (κ3) is 5.39. The smallest absolute Gasteiger partial charge is 0.257 e. The first kappa shape index (κ1) is 24.1. The second-order valence-corrected chi connectivity index (χ2v) is 8.83. The number of carbonyl (C=O) groups is 4. The Morgan fingerprint density at radius 2 is 1.74 bits per heavy atom. The van der Waals surface area contributed by atoms with Crippen molar-refractivity contribution in [1.29, 1.82) is 0 Å². The SMILES string of the molecule is CN(C)c1ccc(C(=O)N2CCN(C(=O)c3cncnc3)C[C@H]2C(=O)N[C@H]2CCCNC2=O)cc1. The lowest BCUT2D eigenvalue weighted by Gasteiger charge is -2.41. The van der Waals surface area contributed by atoms with Gasteiger partial charge in [0, 0.05) is 57.4 Å². The molecule has 2 aliphatic rings. The van der Waals surface area contributed by atoms with Gasteiger partial charge in [0.25, 0.3) is 11.8 Å². The van der Waals surface area contributed by atoms with Gasteiger partial charge in [-0.3, -0.25) is 19.2 Å². The minimum absolute atomic E-state index is 0.00454. The first-order chi connectivity index (χ1) is 16.8. The van der Waals surface area contributed by atoms with Crippen LogP contribution < -0.4 is 15.5 Å². The van der Waals surface area contributed by atoms with Crippen LogP contribution in [0.2, 0.25) is 0 Å². The monoisotopic (exact) mass is 479 g/mol. The summed E-state index contributed by atoms with van der Waals surface area (Å²) in [5, 5.41) is 5.53. The lowest BCUT2D eigenvalue weighted by Crippen LogP contribution is -2.63. The Morgan fingerprint density at radius 1 is 1.03 bits per heavy atom. The van der Waals surface area contributed by atoms with Gasteiger partial charge in [0.15, 0.2) is 0 Å². The van der Waals surface area contributed by atoms with Crippen molar-refractivity contribution in [1.82, 2.24) is 30.4 Å². The third-order valence-corrected chi connectivity index (χ3v) is 6.27. The summed E-state index contributed by atoms with van der Waals surface area (Å²) in [5.41, 5.74) is 1.69. The van der Waals surface area contributed by atoms with Crippen LogP contribution in [0.5, 0.6) is 0 Å². The van der Waals surface area contributed by atoms with Crippen molar-refractivity contribution in [2.75, 3.05) is 45.2 Å². The topological polar surface area (TPSA) is 128 Å². The van der Waals surface area contributed by atoms with E-state index in [1.54, 1.807) is 12.1 Å². The molecule has 2 fully saturated rings. The molecule has 11 nitrogen and oxygen atoms in total. The van der Waals surface area contributed by atoms with E-state index in [4.69, 9.17) is 0 Å². The van der Waals surface area contributed by atoms with Crippen LogP contribution in [0.4, 0.5) is 5.69 Å². The molecule has 0 radical (unpaired) electrons. The van der Waals surface area contributed by atoms with Crippen LogP contribution in [0.3, 0.4) is 0 Å². The summed E-state index contributed by atoms with van der Waals surface area (Å²) in [7, 11) is 3.82. The van der Waals surface area contributed by atoms with Gasteiger partial charge in [-0.05, 0) is 37.1 Å². The van der Waals surface area contributed by atoms with Crippen LogP contribution in [0.25, 0.3) is 0 Å². The molecule has 4 amide bonds. The molecule has 2 saturated heterocycles. The van der Waals surface area contributed by atoms with Crippen LogP contribution in [0, 0.1) is 0 Å². The molecule has 2 N–H and O–H groups in total. The number of piperidine rings is 1. The number of anilines is 1. The maximum Gasteiger partial charge on any atom is 0.257 e. The quantitative estimate of drug-likeness (QED) is 0.613. The molecule has 4 rings (SSSR count). The van der Waals surface area contributed by atoms with E-state index in [1.165, 1.54) is 28.5 Å². The molecule has 2 atom stereocenters. The van der Waals surface area contributed by atoms with Crippen LogP contribution in [-0.2, 0) is 9.59 Å². The van der Waals surface area contributed by atoms with Gasteiger partial charge in [0.2, 0.25) is 11.8 Å². The first-order valence-corrected chi connectivity index (χ1v) is 11.6. The summed E-state index contributed by atoms with van der Waals surface area (Å²) in [6.07, 6.45) is 5.44. The Hall–Kier alpha value is -4.02. The maximum absolute atomic E-state index is 13.4. The summed E-state index contributed by atoms with van der Waals surface area (Å²) < 4.78 is 0. The maximum atomic E-state index is 13.4. The zero-order valence-corrected chi connectivity index (χ0v) is 19.8. The van der Waals surface area contributed by atoms with Gasteiger partial charge in [-0.25, -0.2) is 9.97 Å². The normalized spacial score (nSPS) is 20.1. The summed E-state index contributed by atoms with van der Waals surface area (Å²) >= 11 is 0. The average molecular weight is 480 g/mol. The molecule has 0 spiro atoms. The van der Waals surface area contributed by atoms with Crippen molar-refractivity contribution >= 4 is 29.3 Å². The molecule has 11 heteroatoms. The Bertz CT molecular complexity index is 1090. The lowest BCUT2D eigenvalue weighted by atomic mass is 10.0. The zero-order valence-electron chi connectivity index (χ0n) is 19.8. The van der Waals surface area contributed by atoms with Crippen LogP contribution >= 0.6 is 0 Å². The Morgan fingerprint density at radius 3 is 2.40 bits per heavy atom. The van der Waals surface area contributed by atoms with E-state index in [0.29, 0.717) is 24.1 Å². The van der Waals surface area contributed by atoms with Crippen molar-refractivity contribution < 1.29 is 19.2 Å². The molecule has 3 heterocycles. The minimum Gasteiger partial charge on any atom is -0.378 e. The van der Waals surface area contributed by atoms with Crippen molar-refractivity contribution in [2.45, 2.75) is 24.9 Å². The van der Waals surface area contributed by atoms with Crippen LogP contribution in [-0.4, -0.2) is 95.8 Å². The van der Waals surface area contributed by atoms with Crippen molar-refractivity contribution in [3.63, 3.8) is 0 Å². The van der Waals surface area contributed by atoms with E-state index in [-0.39, 0.29) is 37.4 Å². The van der Waals surface area contributed by atoms with E-state index in [2.05, 4.69) is 20.6 Å². The molecule has 0 saturated carbocycles. The third-order valence-electron chi connectivity index (χ3n) is 6.27. The van der Waals surface area contributed by atoms with E-state index in [9.17, 15) is 19.2 Å². The molecule has 2 aromatic rings. The minimum atomic E-state index is -0.951. The fourth-order valence-electron chi connectivity index (χ4n) is 4.27. The highest BCUT2D eigenvalue weighted by Crippen LogP contribution is 2.19. The van der Waals surface area contributed by atoms with Gasteiger partial charge in [-0.15, -0.1) is 0 Å². The molecule has 1 aromatic heterocycles. The highest BCUT2D eigenvalue weighted by molar-refractivity contribution is 6.00. The van der Waals surface area contributed by atoms with Crippen molar-refractivity contribution in [2.24, 2.45) is 0 Å². The Labute approximate surface area is 203 Å². The average Bonchev–Trinajstić information content (AvgIpc) is 2.89. The first-order valence-electron chi connectivity index (χ1n) is 11.6. The predicted octanol–water partition coefficient (Wildman–Crippen LogP) is -0.0958. The molecule has 0 unspecified atom stereocenters. The number of benzene rings is 1. The van der Waals surface area contributed by atoms with Crippen LogP contribution in [0.1, 0.15) is 33.6 Å². The summed E-state index contributed by atoms with van der Waals surface area (Å²) in [6.45, 7) is 0.991. The van der Waals surface area contributed by atoms with Gasteiger partial charge >= 0.3 is 0 Å². The zero-order chi connectivity index (χ0) is 24.9. The molecule has 184 valence electrons. The number of nitrogens with one attached hydrogen (secondary N) is 2. The Kier molecular flexibility index (Phi) is 7.23. The fraction of sp³-hybridized carbons (Fsp3) is 0.417. The largest absolute Gasteiger partial charge is 0.378 e. The highest BCUT2D eigenvalue weighted by atomic mass is 16.2. The summed E-state index contributed by atoms with van der Waals surface area (Å²) in [4.78, 5) is 64.7. The van der Waals surface area contributed by atoms with Gasteiger partial charge in [0.05, 0.1) is 12.1 Å². The van der Waals surface area contributed by atoms with E-state index in [0.717, 1.165) is 12.1 Å². The number of rotatable bonds is 5. The molecule has 0 aliphatic carbocycles. The standard InChI is InChI=1S/C24H29N7O4/c1-29(2)18-7-5-16(6-8-18)24(35)31-11-10-30(23(34)17-12-25-15-26-13-17)14-20(31)22(33)28-19-4-3-9-27-21(19)32/h5-8,12-13,15,19-20H,3-4,9-11,14H2,1-2H3,(H,27,32)(H,28,33)/t19-,20-/m0/s1. The summed E-state index contributed by atoms with van der Waals surface area (Å²) in [6, 6.07) is 5.50. The van der Waals surface area contributed by atoms with Crippen LogP contribution in [0.15, 0.2) is 43.0 Å². The van der Waals surface area contributed by atoms with E-state index in [1.807, 2.05) is 31.1 Å². The number of piperazine rings is 1.